The van der Waals surface area contributed by atoms with Gasteiger partial charge < -0.3 is 9.88 Å². The van der Waals surface area contributed by atoms with E-state index in [0.717, 1.165) is 30.7 Å². The Balaban J connectivity index is 1.49. The summed E-state index contributed by atoms with van der Waals surface area (Å²) in [4.78, 5) is 19.8. The number of carbonyl (C=O) groups is 1. The van der Waals surface area contributed by atoms with Crippen LogP contribution in [0.2, 0.25) is 5.02 Å². The molecule has 1 N–H and O–H groups in total. The van der Waals surface area contributed by atoms with E-state index in [1.165, 1.54) is 5.52 Å². The lowest BCUT2D eigenvalue weighted by Crippen LogP contribution is -2.29. The summed E-state index contributed by atoms with van der Waals surface area (Å²) in [5, 5.41) is 3.48. The molecule has 2 aromatic carbocycles. The Morgan fingerprint density at radius 2 is 1.97 bits per heavy atom. The number of halogens is 1. The van der Waals surface area contributed by atoms with Crippen molar-refractivity contribution in [2.45, 2.75) is 45.2 Å². The maximum absolute atomic E-state index is 12.5. The van der Waals surface area contributed by atoms with Gasteiger partial charge in [-0.25, -0.2) is 4.98 Å². The van der Waals surface area contributed by atoms with E-state index in [1.54, 1.807) is 6.07 Å². The molecule has 1 aromatic heterocycles. The lowest BCUT2D eigenvalue weighted by atomic mass is 10.2. The van der Waals surface area contributed by atoms with Crippen molar-refractivity contribution in [1.29, 1.82) is 0 Å². The zero-order valence-corrected chi connectivity index (χ0v) is 17.7. The fourth-order valence-corrected chi connectivity index (χ4v) is 4.43. The summed E-state index contributed by atoms with van der Waals surface area (Å²) in [7, 11) is 0. The van der Waals surface area contributed by atoms with Crippen LogP contribution in [0.1, 0.15) is 51.0 Å². The zero-order chi connectivity index (χ0) is 20.4. The molecule has 1 aliphatic rings. The average molecular weight is 411 g/mol. The van der Waals surface area contributed by atoms with Crippen LogP contribution in [-0.2, 0) is 4.79 Å². The first-order valence-corrected chi connectivity index (χ1v) is 10.7. The van der Waals surface area contributed by atoms with Gasteiger partial charge in [-0.2, -0.15) is 0 Å². The molecule has 0 radical (unpaired) electrons. The summed E-state index contributed by atoms with van der Waals surface area (Å²) in [5.74, 6) is 1.10. The topological polar surface area (TPSA) is 50.2 Å². The summed E-state index contributed by atoms with van der Waals surface area (Å²) in [6.07, 6.45) is 2.63. The number of hydrogen-bond donors (Lipinski definition) is 1. The van der Waals surface area contributed by atoms with Gasteiger partial charge in [0.05, 0.1) is 27.8 Å². The molecule has 0 saturated carbocycles. The smallest absolute Gasteiger partial charge is 0.225 e. The third-order valence-corrected chi connectivity index (χ3v) is 5.90. The van der Waals surface area contributed by atoms with Gasteiger partial charge in [0.1, 0.15) is 5.82 Å². The van der Waals surface area contributed by atoms with Crippen molar-refractivity contribution in [3.63, 3.8) is 0 Å². The Morgan fingerprint density at radius 3 is 2.76 bits per heavy atom. The fraction of sp³-hybridized carbons (Fsp3) is 0.391. The van der Waals surface area contributed by atoms with Crippen molar-refractivity contribution >= 4 is 34.2 Å². The minimum Gasteiger partial charge on any atom is -0.325 e. The van der Waals surface area contributed by atoms with Crippen molar-refractivity contribution in [2.75, 3.05) is 18.4 Å². The Morgan fingerprint density at radius 1 is 1.21 bits per heavy atom. The average Bonchev–Trinajstić information content (AvgIpc) is 3.32. The summed E-state index contributed by atoms with van der Waals surface area (Å²) < 4.78 is 2.35. The molecule has 3 aromatic rings. The van der Waals surface area contributed by atoms with Gasteiger partial charge >= 0.3 is 0 Å². The third kappa shape index (κ3) is 4.16. The van der Waals surface area contributed by atoms with Crippen LogP contribution in [0.5, 0.6) is 0 Å². The second kappa shape index (κ2) is 8.56. The van der Waals surface area contributed by atoms with E-state index in [4.69, 9.17) is 16.6 Å². The van der Waals surface area contributed by atoms with Gasteiger partial charge in [0, 0.05) is 19.0 Å². The van der Waals surface area contributed by atoms with Gasteiger partial charge in [-0.3, -0.25) is 9.69 Å². The maximum Gasteiger partial charge on any atom is 0.225 e. The quantitative estimate of drug-likeness (QED) is 0.588. The van der Waals surface area contributed by atoms with Gasteiger partial charge in [0.2, 0.25) is 5.91 Å². The van der Waals surface area contributed by atoms with Crippen molar-refractivity contribution in [3.8, 4) is 0 Å². The SMILES string of the molecule is CC(C)n1c(C2CCCN2CCC(=O)Nc2ccccc2Cl)nc2ccccc21. The zero-order valence-electron chi connectivity index (χ0n) is 16.9. The second-order valence-electron chi connectivity index (χ2n) is 7.89. The molecule has 1 unspecified atom stereocenters. The van der Waals surface area contributed by atoms with Crippen LogP contribution < -0.4 is 5.32 Å². The molecule has 29 heavy (non-hydrogen) atoms. The lowest BCUT2D eigenvalue weighted by molar-refractivity contribution is -0.116. The summed E-state index contributed by atoms with van der Waals surface area (Å²) >= 11 is 6.15. The molecule has 152 valence electrons. The number of imidazole rings is 1. The van der Waals surface area contributed by atoms with E-state index in [0.29, 0.717) is 29.7 Å². The Bertz CT molecular complexity index is 1010. The molecule has 1 aliphatic heterocycles. The van der Waals surface area contributed by atoms with Crippen molar-refractivity contribution in [3.05, 3.63) is 59.4 Å². The van der Waals surface area contributed by atoms with Crippen molar-refractivity contribution in [2.24, 2.45) is 0 Å². The first-order chi connectivity index (χ1) is 14.0. The number of para-hydroxylation sites is 3. The number of anilines is 1. The van der Waals surface area contributed by atoms with E-state index in [-0.39, 0.29) is 11.9 Å². The number of fused-ring (bicyclic) bond motifs is 1. The Kier molecular flexibility index (Phi) is 5.88. The Hall–Kier alpha value is -2.37. The number of nitrogens with zero attached hydrogens (tertiary/aromatic N) is 3. The number of hydrogen-bond acceptors (Lipinski definition) is 3. The Labute approximate surface area is 176 Å². The van der Waals surface area contributed by atoms with Crippen LogP contribution in [0.15, 0.2) is 48.5 Å². The molecule has 5 nitrogen and oxygen atoms in total. The minimum atomic E-state index is -0.0129. The first kappa shape index (κ1) is 19.9. The summed E-state index contributed by atoms with van der Waals surface area (Å²) in [6, 6.07) is 16.2. The van der Waals surface area contributed by atoms with E-state index in [2.05, 4.69) is 46.8 Å². The number of carbonyl (C=O) groups excluding carboxylic acids is 1. The molecular weight excluding hydrogens is 384 g/mol. The van der Waals surface area contributed by atoms with Crippen molar-refractivity contribution in [1.82, 2.24) is 14.5 Å². The molecule has 2 heterocycles. The largest absolute Gasteiger partial charge is 0.325 e. The molecule has 1 saturated heterocycles. The van der Waals surface area contributed by atoms with Gasteiger partial charge in [-0.15, -0.1) is 0 Å². The second-order valence-corrected chi connectivity index (χ2v) is 8.30. The third-order valence-electron chi connectivity index (χ3n) is 5.58. The molecule has 1 atom stereocenters. The highest BCUT2D eigenvalue weighted by Gasteiger charge is 2.31. The molecule has 0 aliphatic carbocycles. The van der Waals surface area contributed by atoms with Gasteiger partial charge in [0.25, 0.3) is 0 Å². The van der Waals surface area contributed by atoms with Crippen LogP contribution in [0, 0.1) is 0 Å². The van der Waals surface area contributed by atoms with Crippen LogP contribution >= 0.6 is 11.6 Å². The van der Waals surface area contributed by atoms with Crippen LogP contribution in [0.25, 0.3) is 11.0 Å². The first-order valence-electron chi connectivity index (χ1n) is 10.3. The number of amides is 1. The molecule has 1 fully saturated rings. The fourth-order valence-electron chi connectivity index (χ4n) is 4.25. The molecule has 4 rings (SSSR count). The lowest BCUT2D eigenvalue weighted by Gasteiger charge is -2.26. The standard InChI is InChI=1S/C23H27ClN4O/c1-16(2)28-20-11-6-5-10-19(20)26-23(28)21-12-7-14-27(21)15-13-22(29)25-18-9-4-3-8-17(18)24/h3-6,8-11,16,21H,7,12-15H2,1-2H3,(H,25,29). The van der Waals surface area contributed by atoms with E-state index in [9.17, 15) is 4.79 Å². The summed E-state index contributed by atoms with van der Waals surface area (Å²) in [5.41, 5.74) is 2.89. The maximum atomic E-state index is 12.5. The van der Waals surface area contributed by atoms with Crippen LogP contribution in [-0.4, -0.2) is 33.4 Å². The van der Waals surface area contributed by atoms with Gasteiger partial charge in [-0.05, 0) is 57.5 Å². The highest BCUT2D eigenvalue weighted by atomic mass is 35.5. The van der Waals surface area contributed by atoms with E-state index in [1.807, 2.05) is 24.3 Å². The number of aromatic nitrogens is 2. The van der Waals surface area contributed by atoms with E-state index >= 15 is 0 Å². The highest BCUT2D eigenvalue weighted by Crippen LogP contribution is 2.35. The number of likely N-dealkylation sites (tertiary alicyclic amines) is 1. The monoisotopic (exact) mass is 410 g/mol. The van der Waals surface area contributed by atoms with Crippen molar-refractivity contribution < 1.29 is 4.79 Å². The summed E-state index contributed by atoms with van der Waals surface area (Å²) in [6.45, 7) is 6.11. The highest BCUT2D eigenvalue weighted by molar-refractivity contribution is 6.33. The van der Waals surface area contributed by atoms with Gasteiger partial charge in [-0.1, -0.05) is 35.9 Å². The molecule has 0 bridgehead atoms. The minimum absolute atomic E-state index is 0.0129. The van der Waals surface area contributed by atoms with Crippen LogP contribution in [0.4, 0.5) is 5.69 Å². The number of rotatable bonds is 6. The van der Waals surface area contributed by atoms with E-state index < -0.39 is 0 Å². The normalized spacial score (nSPS) is 17.3. The number of nitrogens with one attached hydrogen (secondary N) is 1. The number of benzene rings is 2. The predicted molar refractivity (Wildman–Crippen MR) is 118 cm³/mol. The molecule has 1 amide bonds. The molecule has 0 spiro atoms. The molecule has 6 heteroatoms. The predicted octanol–water partition coefficient (Wildman–Crippen LogP) is 5.44. The molecular formula is C23H27ClN4O. The van der Waals surface area contributed by atoms with Crippen LogP contribution in [0.3, 0.4) is 0 Å². The van der Waals surface area contributed by atoms with Gasteiger partial charge in [0.15, 0.2) is 0 Å².